The fourth-order valence-corrected chi connectivity index (χ4v) is 4.10. The minimum absolute atomic E-state index is 0.218. The Morgan fingerprint density at radius 3 is 1.17 bits per heavy atom. The van der Waals surface area contributed by atoms with Gasteiger partial charge in [-0.25, -0.2) is 0 Å². The van der Waals surface area contributed by atoms with E-state index in [1.807, 2.05) is 0 Å². The lowest BCUT2D eigenvalue weighted by Gasteiger charge is -2.46. The number of rotatable bonds is 2. The summed E-state index contributed by atoms with van der Waals surface area (Å²) in [6.45, 7) is 0. The molecule has 0 aliphatic heterocycles. The maximum absolute atomic E-state index is 15.5. The number of nitrogens with zero attached hydrogens (tertiary/aromatic N) is 2. The molecule has 0 spiro atoms. The Hall–Kier alpha value is -2.90. The second-order valence-corrected chi connectivity index (χ2v) is 5.98. The van der Waals surface area contributed by atoms with Crippen molar-refractivity contribution in [1.82, 2.24) is 0 Å². The van der Waals surface area contributed by atoms with Crippen LogP contribution in [0.2, 0.25) is 0 Å². The zero-order chi connectivity index (χ0) is 17.3. The van der Waals surface area contributed by atoms with E-state index in [0.717, 1.165) is 0 Å². The van der Waals surface area contributed by atoms with Gasteiger partial charge in [-0.2, -0.15) is 8.78 Å². The standard InChI is InChI=1S/C16H10F2N2O4/c17-15(19(21)22)13-9-5-1-2-6-10(9)14(16(15,18)20(23)24)12-8-4-3-7-11(12)13/h1-8,13-14H. The minimum atomic E-state index is -3.89. The molecule has 0 radical (unpaired) electrons. The summed E-state index contributed by atoms with van der Waals surface area (Å²) in [5, 5.41) is 23.0. The van der Waals surface area contributed by atoms with Crippen LogP contribution in [-0.2, 0) is 0 Å². The molecule has 0 fully saturated rings. The van der Waals surface area contributed by atoms with E-state index in [2.05, 4.69) is 0 Å². The van der Waals surface area contributed by atoms with Crippen LogP contribution in [0.1, 0.15) is 34.1 Å². The Morgan fingerprint density at radius 2 is 0.958 bits per heavy atom. The van der Waals surface area contributed by atoms with E-state index < -0.39 is 33.3 Å². The molecule has 2 aromatic rings. The van der Waals surface area contributed by atoms with Crippen LogP contribution in [0.25, 0.3) is 0 Å². The van der Waals surface area contributed by atoms with Crippen molar-refractivity contribution in [3.8, 4) is 0 Å². The van der Waals surface area contributed by atoms with Crippen LogP contribution in [0.4, 0.5) is 8.78 Å². The number of benzene rings is 2. The monoisotopic (exact) mass is 332 g/mol. The lowest BCUT2D eigenvalue weighted by molar-refractivity contribution is -0.742. The topological polar surface area (TPSA) is 86.3 Å². The molecule has 3 aliphatic rings. The molecular formula is C16H10F2N2O4. The second-order valence-electron chi connectivity index (χ2n) is 5.98. The van der Waals surface area contributed by atoms with Crippen molar-refractivity contribution in [2.24, 2.45) is 0 Å². The third-order valence-corrected chi connectivity index (χ3v) is 5.02. The van der Waals surface area contributed by atoms with Gasteiger partial charge < -0.3 is 0 Å². The minimum Gasteiger partial charge on any atom is -0.261 e. The molecule has 0 saturated carbocycles. The molecule has 2 unspecified atom stereocenters. The molecule has 0 N–H and O–H groups in total. The molecule has 0 heterocycles. The largest absolute Gasteiger partial charge is 0.469 e. The van der Waals surface area contributed by atoms with E-state index >= 15 is 8.78 Å². The molecule has 0 aromatic heterocycles. The summed E-state index contributed by atoms with van der Waals surface area (Å²) < 4.78 is 31.1. The molecule has 6 nitrogen and oxygen atoms in total. The van der Waals surface area contributed by atoms with Crippen molar-refractivity contribution in [2.45, 2.75) is 23.4 Å². The van der Waals surface area contributed by atoms with Gasteiger partial charge in [-0.05, 0) is 22.3 Å². The van der Waals surface area contributed by atoms with Gasteiger partial charge in [0.1, 0.15) is 11.8 Å². The Morgan fingerprint density at radius 1 is 0.708 bits per heavy atom. The molecule has 0 amide bonds. The van der Waals surface area contributed by atoms with Crippen molar-refractivity contribution in [3.05, 3.63) is 91.0 Å². The van der Waals surface area contributed by atoms with Crippen LogP contribution in [0, 0.1) is 20.2 Å². The molecule has 8 heteroatoms. The van der Waals surface area contributed by atoms with Crippen molar-refractivity contribution >= 4 is 0 Å². The van der Waals surface area contributed by atoms with E-state index in [0.29, 0.717) is 0 Å². The molecular weight excluding hydrogens is 322 g/mol. The van der Waals surface area contributed by atoms with Gasteiger partial charge in [0.05, 0.1) is 9.85 Å². The molecule has 122 valence electrons. The van der Waals surface area contributed by atoms with E-state index in [9.17, 15) is 20.2 Å². The predicted molar refractivity (Wildman–Crippen MR) is 78.2 cm³/mol. The van der Waals surface area contributed by atoms with Gasteiger partial charge in [0.2, 0.25) is 0 Å². The maximum Gasteiger partial charge on any atom is 0.469 e. The van der Waals surface area contributed by atoms with Gasteiger partial charge in [-0.1, -0.05) is 48.5 Å². The lowest BCUT2D eigenvalue weighted by atomic mass is 9.57. The van der Waals surface area contributed by atoms with Crippen molar-refractivity contribution in [2.75, 3.05) is 0 Å². The SMILES string of the molecule is O=[N+]([O-])C1(F)C2c3ccccc3C(c3ccccc32)C1(F)[N+](=O)[O-]. The van der Waals surface area contributed by atoms with Gasteiger partial charge in [0.15, 0.2) is 0 Å². The molecule has 3 aliphatic carbocycles. The summed E-state index contributed by atoms with van der Waals surface area (Å²) in [6, 6.07) is 12.0. The molecule has 5 rings (SSSR count). The first-order valence-corrected chi connectivity index (χ1v) is 7.19. The first-order valence-electron chi connectivity index (χ1n) is 7.19. The van der Waals surface area contributed by atoms with Crippen molar-refractivity contribution in [1.29, 1.82) is 0 Å². The Bertz CT molecular complexity index is 786. The van der Waals surface area contributed by atoms with Crippen LogP contribution in [0.3, 0.4) is 0 Å². The number of alkyl halides is 2. The first kappa shape index (κ1) is 14.7. The van der Waals surface area contributed by atoms with Crippen LogP contribution >= 0.6 is 0 Å². The average Bonchev–Trinajstić information content (AvgIpc) is 2.57. The third kappa shape index (κ3) is 1.35. The second kappa shape index (κ2) is 4.34. The smallest absolute Gasteiger partial charge is 0.261 e. The highest BCUT2D eigenvalue weighted by molar-refractivity contribution is 5.59. The summed E-state index contributed by atoms with van der Waals surface area (Å²) in [5.41, 5.74) is 0.872. The molecule has 24 heavy (non-hydrogen) atoms. The average molecular weight is 332 g/mol. The van der Waals surface area contributed by atoms with Gasteiger partial charge in [0, 0.05) is 0 Å². The molecule has 2 aromatic carbocycles. The van der Waals surface area contributed by atoms with Gasteiger partial charge in [-0.15, -0.1) is 0 Å². The summed E-state index contributed by atoms with van der Waals surface area (Å²) >= 11 is 0. The number of hydrogen-bond donors (Lipinski definition) is 0. The van der Waals surface area contributed by atoms with E-state index in [-0.39, 0.29) is 22.3 Å². The van der Waals surface area contributed by atoms with Crippen LogP contribution in [0.5, 0.6) is 0 Å². The summed E-state index contributed by atoms with van der Waals surface area (Å²) in [5.74, 6) is -11.1. The van der Waals surface area contributed by atoms with E-state index in [1.165, 1.54) is 24.3 Å². The fourth-order valence-electron chi connectivity index (χ4n) is 4.10. The Labute approximate surface area is 134 Å². The number of nitro groups is 2. The lowest BCUT2D eigenvalue weighted by Crippen LogP contribution is -2.69. The summed E-state index contributed by atoms with van der Waals surface area (Å²) in [4.78, 5) is 20.0. The number of halogens is 2. The highest BCUT2D eigenvalue weighted by Gasteiger charge is 2.86. The van der Waals surface area contributed by atoms with Crippen LogP contribution < -0.4 is 0 Å². The van der Waals surface area contributed by atoms with E-state index in [4.69, 9.17) is 0 Å². The number of hydrogen-bond acceptors (Lipinski definition) is 4. The normalized spacial score (nSPS) is 32.8. The quantitative estimate of drug-likeness (QED) is 0.480. The van der Waals surface area contributed by atoms with Gasteiger partial charge >= 0.3 is 11.6 Å². The highest BCUT2D eigenvalue weighted by atomic mass is 19.2. The highest BCUT2D eigenvalue weighted by Crippen LogP contribution is 2.64. The van der Waals surface area contributed by atoms with E-state index in [1.54, 1.807) is 24.3 Å². The Balaban J connectivity index is 2.19. The maximum atomic E-state index is 15.5. The molecule has 2 atom stereocenters. The zero-order valence-corrected chi connectivity index (χ0v) is 12.1. The van der Waals surface area contributed by atoms with Crippen molar-refractivity contribution < 1.29 is 18.6 Å². The van der Waals surface area contributed by atoms with Crippen molar-refractivity contribution in [3.63, 3.8) is 0 Å². The zero-order valence-electron chi connectivity index (χ0n) is 12.1. The predicted octanol–water partition coefficient (Wildman–Crippen LogP) is 3.16. The summed E-state index contributed by atoms with van der Waals surface area (Å²) in [7, 11) is 0. The first-order chi connectivity index (χ1) is 11.3. The third-order valence-electron chi connectivity index (χ3n) is 5.02. The molecule has 0 saturated heterocycles. The summed E-state index contributed by atoms with van der Waals surface area (Å²) in [6.07, 6.45) is 0. The number of fused-ring (bicyclic) bond motifs is 1. The van der Waals surface area contributed by atoms with Gasteiger partial charge in [0.25, 0.3) is 0 Å². The fraction of sp³-hybridized carbons (Fsp3) is 0.250. The molecule has 2 bridgehead atoms. The van der Waals surface area contributed by atoms with Crippen LogP contribution in [0.15, 0.2) is 48.5 Å². The Kier molecular flexibility index (Phi) is 2.65. The van der Waals surface area contributed by atoms with Crippen LogP contribution in [-0.4, -0.2) is 21.4 Å². The van der Waals surface area contributed by atoms with Gasteiger partial charge in [-0.3, -0.25) is 20.2 Å².